The second-order valence-electron chi connectivity index (χ2n) is 7.73. The average molecular weight is 377 g/mol. The Labute approximate surface area is 165 Å². The van der Waals surface area contributed by atoms with Crippen molar-refractivity contribution in [1.82, 2.24) is 24.9 Å². The number of hydrogen-bond donors (Lipinski definition) is 1. The van der Waals surface area contributed by atoms with Gasteiger partial charge in [0.1, 0.15) is 0 Å². The van der Waals surface area contributed by atoms with E-state index in [0.717, 1.165) is 53.0 Å². The Morgan fingerprint density at radius 2 is 1.89 bits per heavy atom. The summed E-state index contributed by atoms with van der Waals surface area (Å²) in [7, 11) is 1.93. The molecule has 2 heterocycles. The number of amides is 1. The molecule has 1 N–H and O–H groups in total. The lowest BCUT2D eigenvalue weighted by atomic mass is 10.1. The highest BCUT2D eigenvalue weighted by atomic mass is 16.2. The Balaban J connectivity index is 1.67. The van der Waals surface area contributed by atoms with Gasteiger partial charge in [-0.05, 0) is 58.6 Å². The van der Waals surface area contributed by atoms with Crippen molar-refractivity contribution < 1.29 is 4.79 Å². The zero-order chi connectivity index (χ0) is 20.0. The Hall–Kier alpha value is -2.89. The first-order chi connectivity index (χ1) is 13.4. The number of hydrogen-bond acceptors (Lipinski definition) is 3. The van der Waals surface area contributed by atoms with Crippen molar-refractivity contribution in [3.63, 3.8) is 0 Å². The normalized spacial score (nSPS) is 14.2. The molecule has 0 bridgehead atoms. The molecule has 4 rings (SSSR count). The number of carbonyl (C=O) groups is 1. The minimum absolute atomic E-state index is 0.111. The van der Waals surface area contributed by atoms with Crippen LogP contribution in [0.5, 0.6) is 0 Å². The molecule has 1 aliphatic carbocycles. The fourth-order valence-electron chi connectivity index (χ4n) is 4.37. The lowest BCUT2D eigenvalue weighted by Gasteiger charge is -2.14. The van der Waals surface area contributed by atoms with Crippen molar-refractivity contribution >= 4 is 5.91 Å². The van der Waals surface area contributed by atoms with E-state index in [0.29, 0.717) is 5.69 Å². The number of fused-ring (bicyclic) bond motifs is 1. The summed E-state index contributed by atoms with van der Waals surface area (Å²) in [6, 6.07) is 8.06. The van der Waals surface area contributed by atoms with E-state index in [1.165, 1.54) is 5.69 Å². The lowest BCUT2D eigenvalue weighted by molar-refractivity contribution is 0.0933. The summed E-state index contributed by atoms with van der Waals surface area (Å²) in [5.41, 5.74) is 8.11. The SMILES string of the molecule is Cc1ccccc1-n1nc(C(=O)NC(C)c2c(C)nn(C)c2C)c2c1CCC2. The van der Waals surface area contributed by atoms with Gasteiger partial charge in [0.2, 0.25) is 0 Å². The van der Waals surface area contributed by atoms with E-state index in [9.17, 15) is 4.79 Å². The van der Waals surface area contributed by atoms with Crippen LogP contribution in [0.3, 0.4) is 0 Å². The van der Waals surface area contributed by atoms with Crippen LogP contribution in [0, 0.1) is 20.8 Å². The van der Waals surface area contributed by atoms with E-state index in [-0.39, 0.29) is 11.9 Å². The number of aromatic nitrogens is 4. The Kier molecular flexibility index (Phi) is 4.57. The summed E-state index contributed by atoms with van der Waals surface area (Å²) in [5.74, 6) is -0.111. The third kappa shape index (κ3) is 2.93. The van der Waals surface area contributed by atoms with Gasteiger partial charge in [0, 0.05) is 29.6 Å². The lowest BCUT2D eigenvalue weighted by Crippen LogP contribution is -2.28. The summed E-state index contributed by atoms with van der Waals surface area (Å²) < 4.78 is 3.83. The molecule has 0 saturated heterocycles. The summed E-state index contributed by atoms with van der Waals surface area (Å²) in [5, 5.41) is 12.4. The number of rotatable bonds is 4. The Morgan fingerprint density at radius 3 is 2.57 bits per heavy atom. The predicted octanol–water partition coefficient (Wildman–Crippen LogP) is 3.51. The maximum atomic E-state index is 13.1. The average Bonchev–Trinajstić information content (AvgIpc) is 3.30. The van der Waals surface area contributed by atoms with Gasteiger partial charge in [0.05, 0.1) is 17.4 Å². The molecular weight excluding hydrogens is 350 g/mol. The van der Waals surface area contributed by atoms with Gasteiger partial charge in [0.25, 0.3) is 5.91 Å². The van der Waals surface area contributed by atoms with Gasteiger partial charge in [0.15, 0.2) is 5.69 Å². The van der Waals surface area contributed by atoms with Gasteiger partial charge in [-0.3, -0.25) is 9.48 Å². The summed E-state index contributed by atoms with van der Waals surface area (Å²) in [6.45, 7) is 8.10. The highest BCUT2D eigenvalue weighted by Crippen LogP contribution is 2.29. The molecule has 1 unspecified atom stereocenters. The molecule has 0 fully saturated rings. The fraction of sp³-hybridized carbons (Fsp3) is 0.409. The topological polar surface area (TPSA) is 64.7 Å². The van der Waals surface area contributed by atoms with Crippen LogP contribution in [0.2, 0.25) is 0 Å². The van der Waals surface area contributed by atoms with Gasteiger partial charge in [-0.1, -0.05) is 18.2 Å². The number of benzene rings is 1. The summed E-state index contributed by atoms with van der Waals surface area (Å²) >= 11 is 0. The molecule has 1 amide bonds. The molecule has 0 saturated carbocycles. The summed E-state index contributed by atoms with van der Waals surface area (Å²) in [6.07, 6.45) is 2.93. The van der Waals surface area contributed by atoms with Gasteiger partial charge >= 0.3 is 0 Å². The number of carbonyl (C=O) groups excluding carboxylic acids is 1. The quantitative estimate of drug-likeness (QED) is 0.757. The van der Waals surface area contributed by atoms with Crippen LogP contribution in [-0.4, -0.2) is 25.5 Å². The molecule has 146 valence electrons. The molecule has 0 aliphatic heterocycles. The van der Waals surface area contributed by atoms with Crippen LogP contribution in [0.25, 0.3) is 5.69 Å². The van der Waals surface area contributed by atoms with Crippen LogP contribution >= 0.6 is 0 Å². The van der Waals surface area contributed by atoms with E-state index in [1.54, 1.807) is 0 Å². The minimum atomic E-state index is -0.123. The Bertz CT molecular complexity index is 1060. The molecule has 3 aromatic rings. The maximum Gasteiger partial charge on any atom is 0.272 e. The van der Waals surface area contributed by atoms with Crippen molar-refractivity contribution in [2.75, 3.05) is 0 Å². The molecule has 0 radical (unpaired) electrons. The third-order valence-corrected chi connectivity index (χ3v) is 5.83. The van der Waals surface area contributed by atoms with Crippen LogP contribution < -0.4 is 5.32 Å². The van der Waals surface area contributed by atoms with Gasteiger partial charge in [-0.25, -0.2) is 4.68 Å². The monoisotopic (exact) mass is 377 g/mol. The highest BCUT2D eigenvalue weighted by Gasteiger charge is 2.28. The molecule has 2 aromatic heterocycles. The van der Waals surface area contributed by atoms with E-state index in [2.05, 4.69) is 29.5 Å². The first-order valence-corrected chi connectivity index (χ1v) is 9.86. The second-order valence-corrected chi connectivity index (χ2v) is 7.73. The molecule has 1 aliphatic rings. The van der Waals surface area contributed by atoms with Crippen LogP contribution in [0.15, 0.2) is 24.3 Å². The molecule has 1 atom stereocenters. The van der Waals surface area contributed by atoms with Crippen molar-refractivity contribution in [1.29, 1.82) is 0 Å². The molecule has 28 heavy (non-hydrogen) atoms. The smallest absolute Gasteiger partial charge is 0.272 e. The maximum absolute atomic E-state index is 13.1. The first kappa shape index (κ1) is 18.5. The van der Waals surface area contributed by atoms with Crippen molar-refractivity contribution in [2.45, 2.75) is 53.0 Å². The third-order valence-electron chi connectivity index (χ3n) is 5.83. The number of nitrogens with one attached hydrogen (secondary N) is 1. The van der Waals surface area contributed by atoms with E-state index >= 15 is 0 Å². The molecule has 6 heteroatoms. The number of aryl methyl sites for hydroxylation is 3. The number of para-hydroxylation sites is 1. The van der Waals surface area contributed by atoms with Gasteiger partial charge in [-0.15, -0.1) is 0 Å². The summed E-state index contributed by atoms with van der Waals surface area (Å²) in [4.78, 5) is 13.1. The standard InChI is InChI=1S/C22H27N5O/c1-13-9-6-7-11-18(13)27-19-12-8-10-17(19)21(25-27)22(28)23-14(2)20-15(3)24-26(5)16(20)4/h6-7,9,11,14H,8,10,12H2,1-5H3,(H,23,28). The predicted molar refractivity (Wildman–Crippen MR) is 109 cm³/mol. The molecule has 6 nitrogen and oxygen atoms in total. The minimum Gasteiger partial charge on any atom is -0.344 e. The highest BCUT2D eigenvalue weighted by molar-refractivity contribution is 5.94. The molecular formula is C22H27N5O. The van der Waals surface area contributed by atoms with Crippen molar-refractivity contribution in [3.8, 4) is 5.69 Å². The van der Waals surface area contributed by atoms with Gasteiger partial charge in [-0.2, -0.15) is 10.2 Å². The number of nitrogens with zero attached hydrogens (tertiary/aromatic N) is 4. The van der Waals surface area contributed by atoms with Crippen molar-refractivity contribution in [2.24, 2.45) is 7.05 Å². The van der Waals surface area contributed by atoms with Crippen LogP contribution in [0.4, 0.5) is 0 Å². The van der Waals surface area contributed by atoms with Gasteiger partial charge < -0.3 is 5.32 Å². The van der Waals surface area contributed by atoms with E-state index in [4.69, 9.17) is 5.10 Å². The van der Waals surface area contributed by atoms with Crippen molar-refractivity contribution in [3.05, 3.63) is 63.7 Å². The van der Waals surface area contributed by atoms with Crippen LogP contribution in [0.1, 0.15) is 63.6 Å². The zero-order valence-corrected chi connectivity index (χ0v) is 17.2. The second kappa shape index (κ2) is 6.93. The largest absolute Gasteiger partial charge is 0.344 e. The molecule has 1 aromatic carbocycles. The fourth-order valence-corrected chi connectivity index (χ4v) is 4.37. The zero-order valence-electron chi connectivity index (χ0n) is 17.2. The van der Waals surface area contributed by atoms with E-state index < -0.39 is 0 Å². The molecule has 0 spiro atoms. The van der Waals surface area contributed by atoms with Crippen LogP contribution in [-0.2, 0) is 19.9 Å². The first-order valence-electron chi connectivity index (χ1n) is 9.86. The van der Waals surface area contributed by atoms with E-state index in [1.807, 2.05) is 49.3 Å². The Morgan fingerprint density at radius 1 is 1.14 bits per heavy atom.